The van der Waals surface area contributed by atoms with Gasteiger partial charge in [0.15, 0.2) is 0 Å². The molecule has 0 fully saturated rings. The van der Waals surface area contributed by atoms with Crippen molar-refractivity contribution in [3.63, 3.8) is 0 Å². The smallest absolute Gasteiger partial charge is 0.143 e. The third-order valence-electron chi connectivity index (χ3n) is 9.05. The molecule has 0 bridgehead atoms. The summed E-state index contributed by atoms with van der Waals surface area (Å²) in [6.45, 7) is 4.57. The average Bonchev–Trinajstić information content (AvgIpc) is 3.71. The number of aromatic nitrogens is 4. The Hall–Kier alpha value is -3.54. The second-order valence-corrected chi connectivity index (χ2v) is 11.3. The molecule has 194 valence electrons. The Balaban J connectivity index is 1.45. The number of nitrogens with zero attached hydrogens (tertiary/aromatic N) is 4. The van der Waals surface area contributed by atoms with Crippen LogP contribution >= 0.6 is 0 Å². The van der Waals surface area contributed by atoms with Gasteiger partial charge in [0.25, 0.3) is 0 Å². The van der Waals surface area contributed by atoms with E-state index in [1.54, 1.807) is 0 Å². The molecular weight excluding hydrogens is 472 g/mol. The van der Waals surface area contributed by atoms with Crippen molar-refractivity contribution in [2.45, 2.75) is 89.9 Å². The molecule has 0 saturated heterocycles. The van der Waals surface area contributed by atoms with Crippen LogP contribution in [0.1, 0.15) is 100 Å². The Morgan fingerprint density at radius 2 is 1.29 bits per heavy atom. The van der Waals surface area contributed by atoms with E-state index >= 15 is 0 Å². The summed E-state index contributed by atoms with van der Waals surface area (Å²) in [5, 5.41) is 17.1. The molecule has 0 unspecified atom stereocenters. The zero-order chi connectivity index (χ0) is 25.7. The Bertz CT molecular complexity index is 1630. The molecule has 0 N–H and O–H groups in total. The predicted octanol–water partition coefficient (Wildman–Crippen LogP) is 8.54. The molecule has 0 atom stereocenters. The number of rotatable bonds is 10. The van der Waals surface area contributed by atoms with Crippen LogP contribution in [-0.2, 0) is 11.8 Å². The van der Waals surface area contributed by atoms with Gasteiger partial charge in [0, 0.05) is 16.5 Å². The van der Waals surface area contributed by atoms with E-state index in [-0.39, 0.29) is 5.41 Å². The van der Waals surface area contributed by atoms with Crippen LogP contribution in [0.3, 0.4) is 0 Å². The molecule has 0 aliphatic heterocycles. The minimum Gasteiger partial charge on any atom is -0.243 e. The van der Waals surface area contributed by atoms with Crippen LogP contribution in [0.15, 0.2) is 45.7 Å². The Labute approximate surface area is 222 Å². The van der Waals surface area contributed by atoms with E-state index in [1.165, 1.54) is 95.9 Å². The number of hydrogen-bond acceptors (Lipinski definition) is 6. The molecule has 0 spiro atoms. The Morgan fingerprint density at radius 3 is 1.97 bits per heavy atom. The first-order valence-electron chi connectivity index (χ1n) is 14.4. The van der Waals surface area contributed by atoms with Gasteiger partial charge in [-0.25, -0.2) is 9.26 Å². The molecule has 7 rings (SSSR count). The van der Waals surface area contributed by atoms with Crippen LogP contribution in [-0.4, -0.2) is 20.6 Å². The third kappa shape index (κ3) is 3.45. The molecule has 5 aromatic rings. The van der Waals surface area contributed by atoms with Crippen molar-refractivity contribution >= 4 is 22.1 Å². The van der Waals surface area contributed by atoms with E-state index < -0.39 is 0 Å². The zero-order valence-electron chi connectivity index (χ0n) is 22.3. The van der Waals surface area contributed by atoms with E-state index in [4.69, 9.17) is 9.26 Å². The minimum atomic E-state index is -0.0347. The highest BCUT2D eigenvalue weighted by Gasteiger charge is 2.45. The quantitative estimate of drug-likeness (QED) is 0.173. The maximum atomic E-state index is 5.26. The van der Waals surface area contributed by atoms with Gasteiger partial charge in [0.05, 0.1) is 0 Å². The lowest BCUT2D eigenvalue weighted by Crippen LogP contribution is -2.25. The highest BCUT2D eigenvalue weighted by Crippen LogP contribution is 2.58. The molecule has 3 aromatic carbocycles. The summed E-state index contributed by atoms with van der Waals surface area (Å²) in [7, 11) is 0. The van der Waals surface area contributed by atoms with Crippen LogP contribution in [0.2, 0.25) is 0 Å². The van der Waals surface area contributed by atoms with Crippen molar-refractivity contribution in [2.75, 3.05) is 0 Å². The molecule has 6 heteroatoms. The van der Waals surface area contributed by atoms with Crippen molar-refractivity contribution in [2.24, 2.45) is 0 Å². The number of fused-ring (bicyclic) bond motifs is 10. The maximum Gasteiger partial charge on any atom is 0.143 e. The SMILES string of the molecule is CCCCCCC1(CCCCCC)c2cc3c(cc2-c2c1ccc1nonc21)Cc1ccc2nonc2c1-3. The molecule has 0 amide bonds. The fourth-order valence-corrected chi connectivity index (χ4v) is 7.21. The molecule has 6 nitrogen and oxygen atoms in total. The maximum absolute atomic E-state index is 5.26. The lowest BCUT2D eigenvalue weighted by atomic mass is 9.70. The number of hydrogen-bond donors (Lipinski definition) is 0. The van der Waals surface area contributed by atoms with Crippen LogP contribution in [0.25, 0.3) is 44.3 Å². The first-order chi connectivity index (χ1) is 18.7. The molecule has 38 heavy (non-hydrogen) atoms. The summed E-state index contributed by atoms with van der Waals surface area (Å²) in [5.74, 6) is 0. The van der Waals surface area contributed by atoms with Gasteiger partial charge in [-0.3, -0.25) is 0 Å². The van der Waals surface area contributed by atoms with Crippen LogP contribution in [0.4, 0.5) is 0 Å². The van der Waals surface area contributed by atoms with E-state index in [2.05, 4.69) is 64.8 Å². The molecule has 0 saturated carbocycles. The Morgan fingerprint density at radius 1 is 0.632 bits per heavy atom. The van der Waals surface area contributed by atoms with Crippen molar-refractivity contribution in [3.05, 3.63) is 58.7 Å². The molecule has 0 radical (unpaired) electrons. The van der Waals surface area contributed by atoms with Gasteiger partial charge in [0.2, 0.25) is 0 Å². The second-order valence-electron chi connectivity index (χ2n) is 11.3. The first kappa shape index (κ1) is 23.6. The van der Waals surface area contributed by atoms with Crippen LogP contribution in [0, 0.1) is 0 Å². The van der Waals surface area contributed by atoms with Crippen LogP contribution in [0.5, 0.6) is 0 Å². The fourth-order valence-electron chi connectivity index (χ4n) is 7.21. The summed E-state index contributed by atoms with van der Waals surface area (Å²) in [6.07, 6.45) is 13.2. The monoisotopic (exact) mass is 506 g/mol. The molecule has 2 aromatic heterocycles. The normalized spacial score (nSPS) is 14.7. The molecule has 2 aliphatic rings. The highest BCUT2D eigenvalue weighted by atomic mass is 16.6. The number of unbranched alkanes of at least 4 members (excludes halogenated alkanes) is 6. The summed E-state index contributed by atoms with van der Waals surface area (Å²) in [6, 6.07) is 13.6. The van der Waals surface area contributed by atoms with Gasteiger partial charge < -0.3 is 0 Å². The minimum absolute atomic E-state index is 0.0347. The van der Waals surface area contributed by atoms with Gasteiger partial charge >= 0.3 is 0 Å². The molecule has 2 aliphatic carbocycles. The van der Waals surface area contributed by atoms with Crippen molar-refractivity contribution in [1.82, 2.24) is 20.6 Å². The van der Waals surface area contributed by atoms with E-state index in [0.29, 0.717) is 0 Å². The van der Waals surface area contributed by atoms with Gasteiger partial charge in [-0.1, -0.05) is 77.3 Å². The summed E-state index contributed by atoms with van der Waals surface area (Å²) in [4.78, 5) is 0. The highest BCUT2D eigenvalue weighted by molar-refractivity contribution is 6.02. The fraction of sp³-hybridized carbons (Fsp3) is 0.438. The standard InChI is InChI=1S/C32H34N4O2/c1-3-5-7-9-15-32(16-10-8-6-4-2)24-12-14-27-31(36-38-34-27)29(24)23-18-21-17-20-11-13-26-30(35-37-33-26)28(20)22(21)19-25(23)32/h11-14,18-19H,3-10,15-17H2,1-2H3. The summed E-state index contributed by atoms with van der Waals surface area (Å²) in [5.41, 5.74) is 13.9. The Kier molecular flexibility index (Phi) is 5.79. The molecular formula is C32H34N4O2. The predicted molar refractivity (Wildman–Crippen MR) is 149 cm³/mol. The average molecular weight is 507 g/mol. The molecule has 2 heterocycles. The third-order valence-corrected chi connectivity index (χ3v) is 9.05. The van der Waals surface area contributed by atoms with Crippen molar-refractivity contribution < 1.29 is 9.26 Å². The first-order valence-corrected chi connectivity index (χ1v) is 14.4. The van der Waals surface area contributed by atoms with Gasteiger partial charge in [-0.2, -0.15) is 0 Å². The van der Waals surface area contributed by atoms with Crippen molar-refractivity contribution in [1.29, 1.82) is 0 Å². The van der Waals surface area contributed by atoms with E-state index in [9.17, 15) is 0 Å². The summed E-state index contributed by atoms with van der Waals surface area (Å²) >= 11 is 0. The van der Waals surface area contributed by atoms with E-state index in [1.807, 2.05) is 6.07 Å². The van der Waals surface area contributed by atoms with Gasteiger partial charge in [-0.15, -0.1) is 0 Å². The zero-order valence-corrected chi connectivity index (χ0v) is 22.3. The van der Waals surface area contributed by atoms with Crippen LogP contribution < -0.4 is 0 Å². The van der Waals surface area contributed by atoms with Gasteiger partial charge in [-0.05, 0) is 97.5 Å². The second kappa shape index (κ2) is 9.33. The van der Waals surface area contributed by atoms with Gasteiger partial charge in [0.1, 0.15) is 22.1 Å². The lowest BCUT2D eigenvalue weighted by Gasteiger charge is -2.33. The van der Waals surface area contributed by atoms with E-state index in [0.717, 1.165) is 41.3 Å². The number of benzene rings is 3. The van der Waals surface area contributed by atoms with Crippen molar-refractivity contribution in [3.8, 4) is 22.3 Å². The lowest BCUT2D eigenvalue weighted by molar-refractivity contribution is 0.315. The largest absolute Gasteiger partial charge is 0.243 e. The summed E-state index contributed by atoms with van der Waals surface area (Å²) < 4.78 is 10.4. The topological polar surface area (TPSA) is 77.8 Å².